The quantitative estimate of drug-likeness (QED) is 0.715. The molecule has 3 aromatic heterocycles. The molecule has 0 amide bonds. The Labute approximate surface area is 111 Å². The maximum absolute atomic E-state index is 13.1. The van der Waals surface area contributed by atoms with Crippen LogP contribution < -0.4 is 0 Å². The third kappa shape index (κ3) is 2.41. The van der Waals surface area contributed by atoms with E-state index in [1.54, 1.807) is 12.3 Å². The Bertz CT molecular complexity index is 668. The summed E-state index contributed by atoms with van der Waals surface area (Å²) in [4.78, 5) is 8.84. The fourth-order valence-electron chi connectivity index (χ4n) is 1.48. The smallest absolute Gasteiger partial charge is 0.206 e. The molecule has 0 unspecified atom stereocenters. The van der Waals surface area contributed by atoms with E-state index in [4.69, 9.17) is 11.6 Å². The Morgan fingerprint density at radius 2 is 1.89 bits per heavy atom. The lowest BCUT2D eigenvalue weighted by Crippen LogP contribution is -2.00. The maximum Gasteiger partial charge on any atom is 0.206 e. The zero-order valence-corrected chi connectivity index (χ0v) is 10.2. The first-order valence-electron chi connectivity index (χ1n) is 5.24. The van der Waals surface area contributed by atoms with Crippen LogP contribution in [-0.2, 0) is 0 Å². The van der Waals surface area contributed by atoms with E-state index in [2.05, 4.69) is 25.4 Å². The second kappa shape index (κ2) is 4.69. The first kappa shape index (κ1) is 11.7. The molecule has 0 fully saturated rings. The summed E-state index contributed by atoms with van der Waals surface area (Å²) in [5.41, 5.74) is 1.01. The highest BCUT2D eigenvalue weighted by Gasteiger charge is 2.09. The minimum atomic E-state index is -0.472. The first-order valence-corrected chi connectivity index (χ1v) is 5.62. The van der Waals surface area contributed by atoms with Crippen LogP contribution in [0.25, 0.3) is 17.1 Å². The van der Waals surface area contributed by atoms with Crippen molar-refractivity contribution in [3.8, 4) is 17.1 Å². The summed E-state index contributed by atoms with van der Waals surface area (Å²) in [5, 5.41) is 12.3. The Morgan fingerprint density at radius 1 is 1.05 bits per heavy atom. The summed E-state index contributed by atoms with van der Waals surface area (Å²) >= 11 is 5.83. The van der Waals surface area contributed by atoms with E-state index in [9.17, 15) is 4.39 Å². The molecule has 3 rings (SSSR count). The highest BCUT2D eigenvalue weighted by atomic mass is 35.5. The van der Waals surface area contributed by atoms with Gasteiger partial charge in [-0.05, 0) is 11.3 Å². The number of nitrogens with zero attached hydrogens (tertiary/aromatic N) is 6. The molecule has 0 spiro atoms. The van der Waals surface area contributed by atoms with E-state index in [0.717, 1.165) is 6.20 Å². The molecule has 0 saturated heterocycles. The lowest BCUT2D eigenvalue weighted by molar-refractivity contribution is 0.613. The molecule has 0 aliphatic rings. The van der Waals surface area contributed by atoms with Crippen LogP contribution in [0.4, 0.5) is 4.39 Å². The molecule has 19 heavy (non-hydrogen) atoms. The van der Waals surface area contributed by atoms with Gasteiger partial charge >= 0.3 is 0 Å². The van der Waals surface area contributed by atoms with E-state index >= 15 is 0 Å². The third-order valence-corrected chi connectivity index (χ3v) is 2.50. The Hall–Kier alpha value is -2.41. The summed E-state index contributed by atoms with van der Waals surface area (Å²) in [7, 11) is 0. The van der Waals surface area contributed by atoms with Gasteiger partial charge in [-0.3, -0.25) is 9.97 Å². The minimum absolute atomic E-state index is 0.347. The molecule has 0 aliphatic heterocycles. The van der Waals surface area contributed by atoms with Crippen LogP contribution in [0.2, 0.25) is 5.02 Å². The van der Waals surface area contributed by atoms with Crippen molar-refractivity contribution in [2.45, 2.75) is 0 Å². The van der Waals surface area contributed by atoms with Gasteiger partial charge in [0, 0.05) is 24.0 Å². The largest absolute Gasteiger partial charge is 0.262 e. The highest BCUT2D eigenvalue weighted by molar-refractivity contribution is 6.30. The summed E-state index contributed by atoms with van der Waals surface area (Å²) < 4.78 is 13.1. The van der Waals surface area contributed by atoms with Gasteiger partial charge in [-0.15, -0.1) is 15.0 Å². The average Bonchev–Trinajstić information content (AvgIpc) is 2.88. The molecule has 0 saturated carbocycles. The molecule has 6 nitrogen and oxygen atoms in total. The van der Waals surface area contributed by atoms with Gasteiger partial charge in [-0.25, -0.2) is 4.39 Å². The van der Waals surface area contributed by atoms with Crippen LogP contribution in [-0.4, -0.2) is 30.2 Å². The Kier molecular flexibility index (Phi) is 2.88. The lowest BCUT2D eigenvalue weighted by atomic mass is 10.3. The SMILES string of the molecule is Fc1cncc(-n2nnc(-c3cncc(Cl)c3)n2)c1. The molecule has 94 valence electrons. The van der Waals surface area contributed by atoms with E-state index in [1.165, 1.54) is 23.3 Å². The minimum Gasteiger partial charge on any atom is -0.262 e. The molecule has 3 aromatic rings. The van der Waals surface area contributed by atoms with E-state index in [1.807, 2.05) is 0 Å². The van der Waals surface area contributed by atoms with E-state index in [0.29, 0.717) is 22.1 Å². The second-order valence-corrected chi connectivity index (χ2v) is 4.09. The Morgan fingerprint density at radius 3 is 2.68 bits per heavy atom. The van der Waals surface area contributed by atoms with Crippen LogP contribution in [0, 0.1) is 5.82 Å². The van der Waals surface area contributed by atoms with Crippen molar-refractivity contribution in [2.75, 3.05) is 0 Å². The summed E-state index contributed by atoms with van der Waals surface area (Å²) in [6.45, 7) is 0. The molecular weight excluding hydrogens is 271 g/mol. The molecule has 3 heterocycles. The van der Waals surface area contributed by atoms with Gasteiger partial charge in [-0.2, -0.15) is 0 Å². The van der Waals surface area contributed by atoms with Crippen molar-refractivity contribution in [1.29, 1.82) is 0 Å². The molecule has 0 N–H and O–H groups in total. The second-order valence-electron chi connectivity index (χ2n) is 3.66. The number of pyridine rings is 2. The van der Waals surface area contributed by atoms with Crippen molar-refractivity contribution >= 4 is 11.6 Å². The first-order chi connectivity index (χ1) is 9.22. The number of hydrogen-bond donors (Lipinski definition) is 0. The number of halogens is 2. The average molecular weight is 277 g/mol. The van der Waals surface area contributed by atoms with Gasteiger partial charge in [0.15, 0.2) is 0 Å². The molecule has 8 heteroatoms. The van der Waals surface area contributed by atoms with Crippen LogP contribution in [0.15, 0.2) is 36.9 Å². The van der Waals surface area contributed by atoms with Crippen molar-refractivity contribution in [3.05, 3.63) is 47.8 Å². The number of hydrogen-bond acceptors (Lipinski definition) is 5. The number of tetrazole rings is 1. The molecule has 0 aliphatic carbocycles. The normalized spacial score (nSPS) is 10.6. The fraction of sp³-hybridized carbons (Fsp3) is 0. The third-order valence-electron chi connectivity index (χ3n) is 2.30. The van der Waals surface area contributed by atoms with E-state index < -0.39 is 5.82 Å². The van der Waals surface area contributed by atoms with Crippen molar-refractivity contribution in [1.82, 2.24) is 30.2 Å². The fourth-order valence-corrected chi connectivity index (χ4v) is 1.66. The molecule has 0 bridgehead atoms. The summed E-state index contributed by atoms with van der Waals surface area (Å²) in [6, 6.07) is 2.93. The lowest BCUT2D eigenvalue weighted by Gasteiger charge is -1.97. The highest BCUT2D eigenvalue weighted by Crippen LogP contribution is 2.17. The van der Waals surface area contributed by atoms with Gasteiger partial charge < -0.3 is 0 Å². The standard InChI is InChI=1S/C11H6ClFN6/c12-8-1-7(3-14-4-8)11-16-18-19(17-11)10-2-9(13)5-15-6-10/h1-6H. The summed E-state index contributed by atoms with van der Waals surface area (Å²) in [6.07, 6.45) is 5.61. The van der Waals surface area contributed by atoms with Gasteiger partial charge in [0.2, 0.25) is 5.82 Å². The summed E-state index contributed by atoms with van der Waals surface area (Å²) in [5.74, 6) is -0.125. The predicted molar refractivity (Wildman–Crippen MR) is 65.1 cm³/mol. The monoisotopic (exact) mass is 276 g/mol. The van der Waals surface area contributed by atoms with Gasteiger partial charge in [0.1, 0.15) is 11.5 Å². The predicted octanol–water partition coefficient (Wildman–Crippen LogP) is 1.91. The molecule has 0 radical (unpaired) electrons. The van der Waals surface area contributed by atoms with Crippen molar-refractivity contribution in [2.24, 2.45) is 0 Å². The zero-order valence-electron chi connectivity index (χ0n) is 9.40. The van der Waals surface area contributed by atoms with Crippen LogP contribution >= 0.6 is 11.6 Å². The molecular formula is C11H6ClFN6. The Balaban J connectivity index is 2.00. The molecule has 0 atom stereocenters. The maximum atomic E-state index is 13.1. The van der Waals surface area contributed by atoms with Crippen LogP contribution in [0.1, 0.15) is 0 Å². The van der Waals surface area contributed by atoms with Crippen LogP contribution in [0.5, 0.6) is 0 Å². The zero-order chi connectivity index (χ0) is 13.2. The topological polar surface area (TPSA) is 69.4 Å². The van der Waals surface area contributed by atoms with Crippen LogP contribution in [0.3, 0.4) is 0 Å². The van der Waals surface area contributed by atoms with Gasteiger partial charge in [-0.1, -0.05) is 11.6 Å². The van der Waals surface area contributed by atoms with Crippen molar-refractivity contribution < 1.29 is 4.39 Å². The van der Waals surface area contributed by atoms with E-state index in [-0.39, 0.29) is 0 Å². The number of rotatable bonds is 2. The van der Waals surface area contributed by atoms with Gasteiger partial charge in [0.05, 0.1) is 17.4 Å². The van der Waals surface area contributed by atoms with Gasteiger partial charge in [0.25, 0.3) is 0 Å². The van der Waals surface area contributed by atoms with Crippen molar-refractivity contribution in [3.63, 3.8) is 0 Å². The number of aromatic nitrogens is 6. The molecule has 0 aromatic carbocycles.